The van der Waals surface area contributed by atoms with Gasteiger partial charge in [0, 0.05) is 0 Å². The van der Waals surface area contributed by atoms with Gasteiger partial charge in [0.05, 0.1) is 0 Å². The molecule has 0 saturated heterocycles. The molecule has 0 spiro atoms. The van der Waals surface area contributed by atoms with Crippen LogP contribution in [0.1, 0.15) is 85.5 Å². The Hall–Kier alpha value is 0. The zero-order chi connectivity index (χ0) is 11.5. The van der Waals surface area contributed by atoms with Crippen LogP contribution in [0.5, 0.6) is 0 Å². The lowest BCUT2D eigenvalue weighted by Crippen LogP contribution is -1.89. The van der Waals surface area contributed by atoms with Crippen LogP contribution in [0.15, 0.2) is 0 Å². The van der Waals surface area contributed by atoms with E-state index >= 15 is 0 Å². The van der Waals surface area contributed by atoms with Crippen LogP contribution in [-0.4, -0.2) is 0 Å². The van der Waals surface area contributed by atoms with E-state index in [-0.39, 0.29) is 0 Å². The Kier molecular flexibility index (Phi) is 10.5. The van der Waals surface area contributed by atoms with Gasteiger partial charge in [0.2, 0.25) is 0 Å². The van der Waals surface area contributed by atoms with Gasteiger partial charge in [0.25, 0.3) is 0 Å². The molecule has 0 N–H and O–H groups in total. The van der Waals surface area contributed by atoms with Gasteiger partial charge in [-0.05, 0) is 11.8 Å². The minimum Gasteiger partial charge on any atom is -0.0654 e. The summed E-state index contributed by atoms with van der Waals surface area (Å²) in [4.78, 5) is 0. The molecule has 0 unspecified atom stereocenters. The molecule has 92 valence electrons. The zero-order valence-corrected chi connectivity index (χ0v) is 11.5. The highest BCUT2D eigenvalue weighted by Gasteiger charge is 2.12. The highest BCUT2D eigenvalue weighted by Crippen LogP contribution is 2.27. The van der Waals surface area contributed by atoms with Crippen molar-refractivity contribution in [3.8, 4) is 0 Å². The molecule has 0 heteroatoms. The van der Waals surface area contributed by atoms with E-state index in [4.69, 9.17) is 0 Å². The number of hydrogen-bond acceptors (Lipinski definition) is 0. The third-order valence-corrected chi connectivity index (χ3v) is 3.31. The lowest BCUT2D eigenvalue weighted by Gasteiger charge is -2.03. The fourth-order valence-corrected chi connectivity index (χ4v) is 2.32. The van der Waals surface area contributed by atoms with Crippen LogP contribution >= 0.6 is 0 Å². The summed E-state index contributed by atoms with van der Waals surface area (Å²) >= 11 is 0. The lowest BCUT2D eigenvalue weighted by molar-refractivity contribution is 0.496. The molecule has 0 heterocycles. The first-order valence-electron chi connectivity index (χ1n) is 7.20. The van der Waals surface area contributed by atoms with E-state index in [1.165, 1.54) is 57.8 Å². The molecule has 0 aromatic heterocycles. The van der Waals surface area contributed by atoms with Gasteiger partial charge in [-0.15, -0.1) is 0 Å². The van der Waals surface area contributed by atoms with Crippen LogP contribution in [0, 0.1) is 11.8 Å². The molecule has 1 rings (SSSR count). The standard InChI is InChI=1S/C8H16.C7H16/c1-2-5-8-6-3-4-7-8;1-4-5-6-7(2)3/h8H,2-7H2,1H3;7H,4-6H2,1-3H3. The van der Waals surface area contributed by atoms with Gasteiger partial charge >= 0.3 is 0 Å². The average Bonchev–Trinajstić information content (AvgIpc) is 2.69. The SMILES string of the molecule is CCCC1CCCC1.CCCCC(C)C. The molecule has 1 fully saturated rings. The molecule has 15 heavy (non-hydrogen) atoms. The van der Waals surface area contributed by atoms with E-state index in [1.807, 2.05) is 0 Å². The van der Waals surface area contributed by atoms with E-state index in [0.717, 1.165) is 11.8 Å². The van der Waals surface area contributed by atoms with Gasteiger partial charge in [-0.1, -0.05) is 85.5 Å². The predicted molar refractivity (Wildman–Crippen MR) is 71.2 cm³/mol. The zero-order valence-electron chi connectivity index (χ0n) is 11.5. The van der Waals surface area contributed by atoms with Crippen molar-refractivity contribution >= 4 is 0 Å². The van der Waals surface area contributed by atoms with Gasteiger partial charge in [-0.3, -0.25) is 0 Å². The van der Waals surface area contributed by atoms with Crippen molar-refractivity contribution in [2.45, 2.75) is 85.5 Å². The van der Waals surface area contributed by atoms with Crippen molar-refractivity contribution in [3.63, 3.8) is 0 Å². The largest absolute Gasteiger partial charge is 0.0654 e. The second kappa shape index (κ2) is 10.5. The van der Waals surface area contributed by atoms with Crippen molar-refractivity contribution in [1.29, 1.82) is 0 Å². The molecular formula is C15H32. The third-order valence-electron chi connectivity index (χ3n) is 3.31. The Morgan fingerprint density at radius 1 is 1.00 bits per heavy atom. The second-order valence-corrected chi connectivity index (χ2v) is 5.48. The Morgan fingerprint density at radius 2 is 1.60 bits per heavy atom. The van der Waals surface area contributed by atoms with E-state index in [2.05, 4.69) is 27.7 Å². The van der Waals surface area contributed by atoms with Crippen LogP contribution in [0.25, 0.3) is 0 Å². The van der Waals surface area contributed by atoms with E-state index < -0.39 is 0 Å². The van der Waals surface area contributed by atoms with Crippen molar-refractivity contribution in [1.82, 2.24) is 0 Å². The van der Waals surface area contributed by atoms with Crippen molar-refractivity contribution in [2.24, 2.45) is 11.8 Å². The van der Waals surface area contributed by atoms with E-state index in [0.29, 0.717) is 0 Å². The Morgan fingerprint density at radius 3 is 1.93 bits per heavy atom. The van der Waals surface area contributed by atoms with Gasteiger partial charge in [0.1, 0.15) is 0 Å². The minimum atomic E-state index is 0.903. The Balaban J connectivity index is 0.000000265. The molecule has 0 radical (unpaired) electrons. The lowest BCUT2D eigenvalue weighted by atomic mass is 10.0. The molecule has 0 amide bonds. The quantitative estimate of drug-likeness (QED) is 0.539. The summed E-state index contributed by atoms with van der Waals surface area (Å²) in [7, 11) is 0. The maximum absolute atomic E-state index is 2.29. The first-order valence-corrected chi connectivity index (χ1v) is 7.20. The molecule has 1 aliphatic rings. The molecule has 1 saturated carbocycles. The summed E-state index contributed by atoms with van der Waals surface area (Å²) in [6.07, 6.45) is 13.1. The number of rotatable bonds is 5. The van der Waals surface area contributed by atoms with Crippen LogP contribution < -0.4 is 0 Å². The number of hydrogen-bond donors (Lipinski definition) is 0. The van der Waals surface area contributed by atoms with Gasteiger partial charge in [-0.25, -0.2) is 0 Å². The van der Waals surface area contributed by atoms with Gasteiger partial charge in [0.15, 0.2) is 0 Å². The van der Waals surface area contributed by atoms with Crippen molar-refractivity contribution in [3.05, 3.63) is 0 Å². The first-order chi connectivity index (χ1) is 7.20. The van der Waals surface area contributed by atoms with Crippen LogP contribution in [0.3, 0.4) is 0 Å². The molecular weight excluding hydrogens is 180 g/mol. The van der Waals surface area contributed by atoms with E-state index in [1.54, 1.807) is 0 Å². The Bertz CT molecular complexity index is 109. The summed E-state index contributed by atoms with van der Waals surface area (Å²) in [6.45, 7) is 9.08. The highest BCUT2D eigenvalue weighted by molar-refractivity contribution is 4.65. The molecule has 0 aromatic carbocycles. The maximum Gasteiger partial charge on any atom is -0.0414 e. The molecule has 0 atom stereocenters. The van der Waals surface area contributed by atoms with Crippen LogP contribution in [0.2, 0.25) is 0 Å². The average molecular weight is 212 g/mol. The maximum atomic E-state index is 2.29. The molecule has 0 bridgehead atoms. The molecule has 0 aliphatic heterocycles. The second-order valence-electron chi connectivity index (χ2n) is 5.48. The minimum absolute atomic E-state index is 0.903. The fourth-order valence-electron chi connectivity index (χ4n) is 2.32. The summed E-state index contributed by atoms with van der Waals surface area (Å²) in [6, 6.07) is 0. The Labute approximate surface area is 97.8 Å². The predicted octanol–water partition coefficient (Wildman–Crippen LogP) is 5.81. The summed E-state index contributed by atoms with van der Waals surface area (Å²) < 4.78 is 0. The summed E-state index contributed by atoms with van der Waals surface area (Å²) in [5.41, 5.74) is 0. The van der Waals surface area contributed by atoms with Gasteiger partial charge in [-0.2, -0.15) is 0 Å². The fraction of sp³-hybridized carbons (Fsp3) is 1.00. The highest BCUT2D eigenvalue weighted by atomic mass is 14.2. The van der Waals surface area contributed by atoms with E-state index in [9.17, 15) is 0 Å². The van der Waals surface area contributed by atoms with Crippen molar-refractivity contribution < 1.29 is 0 Å². The van der Waals surface area contributed by atoms with Crippen molar-refractivity contribution in [2.75, 3.05) is 0 Å². The van der Waals surface area contributed by atoms with Crippen LogP contribution in [-0.2, 0) is 0 Å². The normalized spacial score (nSPS) is 16.6. The third kappa shape index (κ3) is 10.3. The molecule has 0 aromatic rings. The summed E-state index contributed by atoms with van der Waals surface area (Å²) in [5, 5.41) is 0. The number of unbranched alkanes of at least 4 members (excludes halogenated alkanes) is 1. The summed E-state index contributed by atoms with van der Waals surface area (Å²) in [5.74, 6) is 2.01. The molecule has 1 aliphatic carbocycles. The van der Waals surface area contributed by atoms with Crippen LogP contribution in [0.4, 0.5) is 0 Å². The molecule has 0 nitrogen and oxygen atoms in total. The first kappa shape index (κ1) is 15.0. The topological polar surface area (TPSA) is 0 Å². The smallest absolute Gasteiger partial charge is 0.0414 e. The monoisotopic (exact) mass is 212 g/mol. The van der Waals surface area contributed by atoms with Gasteiger partial charge < -0.3 is 0 Å².